The number of thiol groups is 1. The van der Waals surface area contributed by atoms with Gasteiger partial charge >= 0.3 is 0 Å². The van der Waals surface area contributed by atoms with Gasteiger partial charge in [0.25, 0.3) is 0 Å². The van der Waals surface area contributed by atoms with Gasteiger partial charge in [0.05, 0.1) is 0 Å². The van der Waals surface area contributed by atoms with Crippen LogP contribution in [0.15, 0.2) is 0 Å². The Balaban J connectivity index is 2.76. The van der Waals surface area contributed by atoms with Crippen molar-refractivity contribution in [1.29, 1.82) is 0 Å². The van der Waals surface area contributed by atoms with Gasteiger partial charge in [-0.15, -0.1) is 15.3 Å². The molecule has 0 aromatic rings. The van der Waals surface area contributed by atoms with Crippen LogP contribution in [0.25, 0.3) is 10.8 Å². The topological polar surface area (TPSA) is 56.5 Å². The molecule has 0 amide bonds. The molecule has 0 spiro atoms. The highest BCUT2D eigenvalue weighted by molar-refractivity contribution is 7.80. The summed E-state index contributed by atoms with van der Waals surface area (Å²) in [5.41, 5.74) is 0. The van der Waals surface area contributed by atoms with Crippen LogP contribution in [0.1, 0.15) is 0 Å². The van der Waals surface area contributed by atoms with E-state index in [1.807, 2.05) is 0 Å². The van der Waals surface area contributed by atoms with Crippen molar-refractivity contribution in [3.8, 4) is 10.8 Å². The Morgan fingerprint density at radius 3 is 3.11 bits per heavy atom. The molecule has 0 aromatic heterocycles. The normalized spacial score (nSPS) is 10.8. The molecule has 9 heavy (non-hydrogen) atoms. The van der Waals surface area contributed by atoms with Crippen LogP contribution in [-0.2, 0) is 0 Å². The maximum Gasteiger partial charge on any atom is 0.237 e. The Morgan fingerprint density at radius 1 is 1.44 bits per heavy atom. The first-order valence-electron chi connectivity index (χ1n) is 2.11. The molecule has 5 nitrogen and oxygen atoms in total. The van der Waals surface area contributed by atoms with E-state index in [0.717, 1.165) is 0 Å². The van der Waals surface area contributed by atoms with Gasteiger partial charge in [0, 0.05) is 0 Å². The largest absolute Gasteiger partial charge is 0.237 e. The highest BCUT2D eigenvalue weighted by atomic mass is 32.2. The summed E-state index contributed by atoms with van der Waals surface area (Å²) in [4.78, 5) is 0. The van der Waals surface area contributed by atoms with E-state index in [9.17, 15) is 0 Å². The molecular formula is C2HN5S2. The second-order valence-corrected chi connectivity index (χ2v) is 2.93. The lowest BCUT2D eigenvalue weighted by Crippen LogP contribution is -1.78. The molecule has 0 bridgehead atoms. The zero-order valence-corrected chi connectivity index (χ0v) is 5.80. The van der Waals surface area contributed by atoms with Gasteiger partial charge in [-0.25, -0.2) is 0 Å². The molecule has 2 aliphatic rings. The van der Waals surface area contributed by atoms with E-state index < -0.39 is 0 Å². The van der Waals surface area contributed by atoms with Gasteiger partial charge in [0.2, 0.25) is 10.8 Å². The summed E-state index contributed by atoms with van der Waals surface area (Å²) in [6.07, 6.45) is 0. The number of rotatable bonds is 0. The molecule has 2 rings (SSSR count). The second kappa shape index (κ2) is 1.64. The van der Waals surface area contributed by atoms with Crippen LogP contribution in [-0.4, -0.2) is 24.0 Å². The first-order valence-corrected chi connectivity index (χ1v) is 3.28. The molecule has 0 unspecified atom stereocenters. The monoisotopic (exact) mass is 159 g/mol. The fourth-order valence-electron chi connectivity index (χ4n) is 0.493. The van der Waals surface area contributed by atoms with Crippen molar-refractivity contribution in [1.82, 2.24) is 24.0 Å². The van der Waals surface area contributed by atoms with Crippen LogP contribution in [0.4, 0.5) is 0 Å². The van der Waals surface area contributed by atoms with E-state index in [1.165, 1.54) is 15.0 Å². The average molecular weight is 159 g/mol. The highest BCUT2D eigenvalue weighted by Crippen LogP contribution is 2.18. The van der Waals surface area contributed by atoms with E-state index in [-0.39, 0.29) is 0 Å². The standard InChI is InChI=1S/C2HN5S2/c8-7-5-1-2(9-7)4-6-3-1/h8H. The van der Waals surface area contributed by atoms with Gasteiger partial charge in [-0.05, 0) is 29.6 Å². The summed E-state index contributed by atoms with van der Waals surface area (Å²) in [5, 5.41) is 15.2. The van der Waals surface area contributed by atoms with Crippen LogP contribution < -0.4 is 0 Å². The number of aromatic nitrogens is 5. The molecule has 46 valence electrons. The third-order valence-corrected chi connectivity index (χ3v) is 1.83. The number of fused-ring (bicyclic) bond motifs is 1. The Hall–Kier alpha value is -0.690. The number of hydrogen-bond acceptors (Lipinski definition) is 6. The highest BCUT2D eigenvalue weighted by Gasteiger charge is 2.11. The summed E-state index contributed by atoms with van der Waals surface area (Å²) in [7, 11) is 0. The van der Waals surface area contributed by atoms with Crippen molar-refractivity contribution >= 4 is 24.3 Å². The molecule has 0 saturated heterocycles. The third kappa shape index (κ3) is 0.688. The minimum Gasteiger partial charge on any atom is -0.158 e. The van der Waals surface area contributed by atoms with Gasteiger partial charge in [-0.1, -0.05) is 0 Å². The number of hydrogen-bond donors (Lipinski definition) is 1. The van der Waals surface area contributed by atoms with Gasteiger partial charge in [0.1, 0.15) is 0 Å². The molecule has 2 heterocycles. The smallest absolute Gasteiger partial charge is 0.158 e. The molecular weight excluding hydrogens is 158 g/mol. The summed E-state index contributed by atoms with van der Waals surface area (Å²) < 4.78 is 1.40. The third-order valence-electron chi connectivity index (χ3n) is 0.815. The molecule has 0 atom stereocenters. The van der Waals surface area contributed by atoms with E-state index >= 15 is 0 Å². The zero-order chi connectivity index (χ0) is 6.27. The van der Waals surface area contributed by atoms with Crippen LogP contribution in [0.3, 0.4) is 0 Å². The first-order chi connectivity index (χ1) is 4.36. The van der Waals surface area contributed by atoms with E-state index in [1.54, 1.807) is 0 Å². The maximum absolute atomic E-state index is 3.93. The molecule has 0 radical (unpaired) electrons. The summed E-state index contributed by atoms with van der Waals surface area (Å²) >= 11 is 5.22. The van der Waals surface area contributed by atoms with Gasteiger partial charge in [-0.2, -0.15) is 3.48 Å². The van der Waals surface area contributed by atoms with Crippen molar-refractivity contribution < 1.29 is 0 Å². The lowest BCUT2D eigenvalue weighted by atomic mass is 10.7. The predicted molar refractivity (Wildman–Crippen MR) is 34.5 cm³/mol. The maximum atomic E-state index is 3.93. The zero-order valence-electron chi connectivity index (χ0n) is 4.09. The van der Waals surface area contributed by atoms with Crippen molar-refractivity contribution in [2.45, 2.75) is 0 Å². The molecule has 2 aliphatic heterocycles. The van der Waals surface area contributed by atoms with Gasteiger partial charge in [-0.3, -0.25) is 0 Å². The summed E-state index contributed by atoms with van der Waals surface area (Å²) in [5.74, 6) is 0.551. The first kappa shape index (κ1) is 5.12. The Labute approximate surface area is 59.7 Å². The Bertz CT molecular complexity index is 260. The van der Waals surface area contributed by atoms with Gasteiger partial charge < -0.3 is 0 Å². The van der Waals surface area contributed by atoms with Crippen LogP contribution in [0.5, 0.6) is 0 Å². The van der Waals surface area contributed by atoms with Crippen LogP contribution in [0.2, 0.25) is 0 Å². The van der Waals surface area contributed by atoms with Crippen molar-refractivity contribution in [3.63, 3.8) is 0 Å². The van der Waals surface area contributed by atoms with E-state index in [2.05, 4.69) is 33.3 Å². The fraction of sp³-hybridized carbons (Fsp3) is 0. The van der Waals surface area contributed by atoms with E-state index in [0.29, 0.717) is 10.8 Å². The minimum atomic E-state index is 0.551. The van der Waals surface area contributed by atoms with Crippen molar-refractivity contribution in [3.05, 3.63) is 0 Å². The molecule has 0 aliphatic carbocycles. The lowest BCUT2D eigenvalue weighted by molar-refractivity contribution is 0.931. The summed E-state index contributed by atoms with van der Waals surface area (Å²) in [6.45, 7) is 0. The van der Waals surface area contributed by atoms with Crippen LogP contribution >= 0.6 is 24.3 Å². The minimum absolute atomic E-state index is 0.551. The predicted octanol–water partition coefficient (Wildman–Crippen LogP) is -0.0727. The quantitative estimate of drug-likeness (QED) is 0.546. The fourth-order valence-corrected chi connectivity index (χ4v) is 1.32. The van der Waals surface area contributed by atoms with Crippen molar-refractivity contribution in [2.24, 2.45) is 0 Å². The van der Waals surface area contributed by atoms with Crippen LogP contribution in [0, 0.1) is 0 Å². The Kier molecular flexibility index (Phi) is 0.935. The van der Waals surface area contributed by atoms with Crippen molar-refractivity contribution in [2.75, 3.05) is 0 Å². The SMILES string of the molecule is Sn1nc2nnnc-2s1. The number of nitrogens with zero attached hydrogens (tertiary/aromatic N) is 5. The lowest BCUT2D eigenvalue weighted by Gasteiger charge is -1.73. The average Bonchev–Trinajstić information content (AvgIpc) is 2.22. The van der Waals surface area contributed by atoms with E-state index in [4.69, 9.17) is 0 Å². The summed E-state index contributed by atoms with van der Waals surface area (Å²) in [6, 6.07) is 0. The molecule has 0 fully saturated rings. The Morgan fingerprint density at radius 2 is 2.33 bits per heavy atom. The molecule has 7 heteroatoms. The molecule has 0 saturated carbocycles. The molecule has 0 N–H and O–H groups in total. The second-order valence-electron chi connectivity index (χ2n) is 1.36. The molecule has 0 aromatic carbocycles. The van der Waals surface area contributed by atoms with Gasteiger partial charge in [0.15, 0.2) is 0 Å².